The Morgan fingerprint density at radius 1 is 0.386 bits per heavy atom. The van der Waals surface area contributed by atoms with E-state index in [9.17, 15) is 58.2 Å². The van der Waals surface area contributed by atoms with E-state index < -0.39 is 69.7 Å². The fourth-order valence-electron chi connectivity index (χ4n) is 25.1. The lowest BCUT2D eigenvalue weighted by atomic mass is 9.50. The molecule has 23 heteroatoms. The Labute approximate surface area is 858 Å². The smallest absolute Gasteiger partial charge is 0.312 e. The average molecular weight is 2000 g/mol. The average Bonchev–Trinajstić information content (AvgIpc) is 1.52. The van der Waals surface area contributed by atoms with Gasteiger partial charge in [0.2, 0.25) is 0 Å². The number of hydrogen-bond acceptors (Lipinski definition) is 23. The molecule has 0 spiro atoms. The first-order valence-corrected chi connectivity index (χ1v) is 49.9. The summed E-state index contributed by atoms with van der Waals surface area (Å²) in [7, 11) is 1.31. The van der Waals surface area contributed by atoms with E-state index >= 15 is 0 Å². The molecule has 0 amide bonds. The van der Waals surface area contributed by atoms with Crippen LogP contribution in [-0.4, -0.2) is 153 Å². The minimum absolute atomic E-state index is 0. The van der Waals surface area contributed by atoms with E-state index in [1.807, 2.05) is 132 Å². The van der Waals surface area contributed by atoms with Crippen molar-refractivity contribution in [1.29, 1.82) is 0 Å². The van der Waals surface area contributed by atoms with E-state index in [0.29, 0.717) is 74.0 Å². The van der Waals surface area contributed by atoms with E-state index in [-0.39, 0.29) is 238 Å². The zero-order valence-electron chi connectivity index (χ0n) is 82.0. The van der Waals surface area contributed by atoms with Crippen LogP contribution in [0, 0.1) is 115 Å². The van der Waals surface area contributed by atoms with Crippen molar-refractivity contribution >= 4 is 59.7 Å². The first-order valence-electron chi connectivity index (χ1n) is 49.9. The Kier molecular flexibility index (Phi) is 53.8. The normalized spacial score (nSPS) is 33.8. The van der Waals surface area contributed by atoms with Gasteiger partial charge in [-0.15, -0.1) is 0 Å². The zero-order valence-corrected chi connectivity index (χ0v) is 82.0. The first-order chi connectivity index (χ1) is 58.7. The number of carbonyl (C=O) groups excluding carboxylic acids is 10. The van der Waals surface area contributed by atoms with Crippen LogP contribution in [0.2, 0.25) is 0 Å². The van der Waals surface area contributed by atoms with E-state index in [1.54, 1.807) is 0 Å². The number of carbonyl (C=O) groups is 10. The van der Waals surface area contributed by atoms with Crippen molar-refractivity contribution in [3.8, 4) is 0 Å². The summed E-state index contributed by atoms with van der Waals surface area (Å²) in [4.78, 5) is 121. The van der Waals surface area contributed by atoms with Crippen LogP contribution in [0.1, 0.15) is 494 Å². The molecule has 0 aromatic carbocycles. The fourth-order valence-corrected chi connectivity index (χ4v) is 25.1. The number of methoxy groups -OCH3 is 1. The van der Waals surface area contributed by atoms with Crippen molar-refractivity contribution in [2.75, 3.05) is 7.11 Å². The quantitative estimate of drug-likeness (QED) is 0.0670. The predicted octanol–water partition coefficient (Wildman–Crippen LogP) is 28.5. The highest BCUT2D eigenvalue weighted by molar-refractivity contribution is 5.87. The molecule has 4 saturated heterocycles. The van der Waals surface area contributed by atoms with Gasteiger partial charge >= 0.3 is 59.7 Å². The Morgan fingerprint density at radius 2 is 0.714 bits per heavy atom. The molecular weight excluding hydrogens is 1770 g/mol. The Bertz CT molecular complexity index is 3780. The van der Waals surface area contributed by atoms with Crippen molar-refractivity contribution < 1.29 is 110 Å². The fraction of sp³-hybridized carbons (Fsp3) is 0.915. The van der Waals surface area contributed by atoms with Gasteiger partial charge in [-0.2, -0.15) is 0 Å². The maximum atomic E-state index is 12.5. The molecule has 20 rings (SSSR count). The summed E-state index contributed by atoms with van der Waals surface area (Å²) in [5.41, 5.74) is -4.74. The minimum atomic E-state index is -0.593. The lowest BCUT2D eigenvalue weighted by molar-refractivity contribution is -0.225. The molecule has 0 radical (unpaired) electrons. The molecule has 20 aliphatic rings. The van der Waals surface area contributed by atoms with Crippen molar-refractivity contribution in [2.45, 2.75) is 570 Å². The second kappa shape index (κ2) is 53.5. The summed E-state index contributed by atoms with van der Waals surface area (Å²) in [6.07, 6.45) is 33.6. The molecule has 0 aromatic rings. The van der Waals surface area contributed by atoms with Crippen LogP contribution >= 0.6 is 0 Å². The molecule has 16 bridgehead atoms. The monoisotopic (exact) mass is 2000 g/mol. The van der Waals surface area contributed by atoms with Gasteiger partial charge in [0.25, 0.3) is 0 Å². The van der Waals surface area contributed by atoms with Gasteiger partial charge in [-0.1, -0.05) is 173 Å². The number of fused-ring (bicyclic) bond motifs is 2. The van der Waals surface area contributed by atoms with Crippen LogP contribution in [0.4, 0.5) is 0 Å². The molecule has 20 fully saturated rings. The number of ether oxygens (including phenoxy) is 11. The van der Waals surface area contributed by atoms with Gasteiger partial charge in [0, 0.05) is 24.7 Å². The van der Waals surface area contributed by atoms with Crippen molar-refractivity contribution in [3.63, 3.8) is 0 Å². The van der Waals surface area contributed by atoms with Crippen LogP contribution in [0.25, 0.3) is 0 Å². The Morgan fingerprint density at radius 3 is 1.06 bits per heavy atom. The molecule has 16 unspecified atom stereocenters. The summed E-state index contributed by atoms with van der Waals surface area (Å²) in [5, 5.41) is 21.2. The predicted molar refractivity (Wildman–Crippen MR) is 569 cm³/mol. The number of esters is 10. The van der Waals surface area contributed by atoms with Crippen molar-refractivity contribution in [1.82, 2.24) is 0 Å². The molecule has 4 aliphatic heterocycles. The highest BCUT2D eigenvalue weighted by atomic mass is 16.7. The summed E-state index contributed by atoms with van der Waals surface area (Å²) >= 11 is 0. The molecule has 140 heavy (non-hydrogen) atoms. The zero-order chi connectivity index (χ0) is 93.1. The van der Waals surface area contributed by atoms with Gasteiger partial charge in [-0.3, -0.25) is 47.9 Å². The standard InChI is InChI=1S/C17H28O2.C16H22O6.C16H26O3.C15H24O3.C13H18O5.2C13H24O2.14CH4/c1-5-16(2,3)15(18)19-17(4)13-7-11-6-12(9-13)10-14(17)8-11;1-5-16(2,3)15(19)22-12-7-6-8-10(9(7)13(17)20-4)14(18)21-11(8)12;1-4-14(2,3)13(17)19-16-8-11-5-12(9-16)7-15(18,6-11)10-16;1-3-10(2)13(16)18-15-7-11-4-12(8-15)6-14(17,5-11)9-15;1-4-13(2,3)12(15)18-9-7-5-6-8(16-7)10(9)17-11(6)14;2*1-5-12(3,4)11(14)15-13(6-2)9-7-8-10-13;;;;;;;;;;;;;;/h11-14H,5-10H2,1-4H3;7-12H,5-6H2,1-4H3;11-12,18H,4-10H2,1-3H3;10-12,17H,3-9H2,1-2H3;6-10H,4-5H2,1-3H3;2*5-10H2,1-4H3;14*1H4. The summed E-state index contributed by atoms with van der Waals surface area (Å²) in [6, 6.07) is 0. The van der Waals surface area contributed by atoms with Crippen LogP contribution in [-0.2, 0) is 100 Å². The van der Waals surface area contributed by atoms with E-state index in [1.165, 1.54) is 77.7 Å². The van der Waals surface area contributed by atoms with Crippen LogP contribution in [0.15, 0.2) is 0 Å². The van der Waals surface area contributed by atoms with Crippen LogP contribution in [0.3, 0.4) is 0 Å². The summed E-state index contributed by atoms with van der Waals surface area (Å²) in [6.45, 7) is 45.6. The van der Waals surface area contributed by atoms with Gasteiger partial charge in [0.05, 0.1) is 80.6 Å². The van der Waals surface area contributed by atoms with Gasteiger partial charge in [-0.05, 0) is 356 Å². The largest absolute Gasteiger partial charge is 0.469 e. The highest BCUT2D eigenvalue weighted by Crippen LogP contribution is 2.64. The summed E-state index contributed by atoms with van der Waals surface area (Å²) < 4.78 is 61.9. The lowest BCUT2D eigenvalue weighted by Crippen LogP contribution is -2.61. The maximum absolute atomic E-state index is 12.5. The first kappa shape index (κ1) is 141. The van der Waals surface area contributed by atoms with E-state index in [0.717, 1.165) is 134 Å². The van der Waals surface area contributed by atoms with Gasteiger partial charge in [-0.25, -0.2) is 0 Å². The lowest BCUT2D eigenvalue weighted by Gasteiger charge is -2.59. The van der Waals surface area contributed by atoms with E-state index in [2.05, 4.69) is 27.7 Å². The van der Waals surface area contributed by atoms with Gasteiger partial charge in [0.1, 0.15) is 46.3 Å². The summed E-state index contributed by atoms with van der Waals surface area (Å²) in [5.74, 6) is 2.28. The SMILES string of the molecule is C.C.C.C.C.C.C.C.C.C.C.C.C.C.CCC(C)(C)C(=O)OC1(C)C2CC3CC(C2)CC1C3.CCC(C)(C)C(=O)OC12CC3CC(CC(O)(C3)C1)C2.CCC(C)(C)C(=O)OC1C2CC3C(=O)OC1C3O2.CCC(C)(C)C(=O)OC1C2CC3C1OC(=O)C3C2C(=O)OC.CCC(C)C(=O)OC12CC3CC(CC(O)(C3)C1)C2.CCC1(OC(=O)C(C)(C)CC)CCCC1.CCC1(OC(=O)C(C)(C)CC)CCCC1. The van der Waals surface area contributed by atoms with Gasteiger partial charge in [0.15, 0.2) is 12.2 Å². The second-order valence-corrected chi connectivity index (χ2v) is 47.1. The molecule has 16 atom stereocenters. The maximum Gasteiger partial charge on any atom is 0.312 e. The Balaban J connectivity index is -0.000000760. The van der Waals surface area contributed by atoms with Crippen LogP contribution in [0.5, 0.6) is 0 Å². The molecule has 16 aliphatic carbocycles. The molecule has 2 N–H and O–H groups in total. The highest BCUT2D eigenvalue weighted by Gasteiger charge is 2.71. The molecule has 0 aromatic heterocycles. The third-order valence-corrected chi connectivity index (χ3v) is 35.5. The van der Waals surface area contributed by atoms with Crippen LogP contribution < -0.4 is 0 Å². The van der Waals surface area contributed by atoms with E-state index in [4.69, 9.17) is 52.1 Å². The number of aliphatic hydroxyl groups is 2. The van der Waals surface area contributed by atoms with Crippen molar-refractivity contribution in [2.24, 2.45) is 115 Å². The third kappa shape index (κ3) is 29.8. The molecule has 828 valence electrons. The van der Waals surface area contributed by atoms with Crippen molar-refractivity contribution in [3.05, 3.63) is 0 Å². The number of hydrogen-bond donors (Lipinski definition) is 2. The van der Waals surface area contributed by atoms with Gasteiger partial charge < -0.3 is 62.3 Å². The molecular formula is C117H222O23. The molecule has 16 saturated carbocycles. The minimum Gasteiger partial charge on any atom is -0.469 e. The number of rotatable bonds is 24. The topological polar surface area (TPSA) is 313 Å². The Hall–Kier alpha value is -5.42. The third-order valence-electron chi connectivity index (χ3n) is 35.5. The second-order valence-electron chi connectivity index (χ2n) is 47.1. The molecule has 23 nitrogen and oxygen atoms in total. The molecule has 4 heterocycles.